The van der Waals surface area contributed by atoms with Gasteiger partial charge in [-0.2, -0.15) is 0 Å². The molecular weight excluding hydrogens is 319 g/mol. The van der Waals surface area contributed by atoms with Gasteiger partial charge in [-0.25, -0.2) is 4.79 Å². The first-order valence-corrected chi connectivity index (χ1v) is 6.81. The molecule has 2 aromatic rings. The Morgan fingerprint density at radius 3 is 2.50 bits per heavy atom. The van der Waals surface area contributed by atoms with Crippen LogP contribution < -0.4 is 11.2 Å². The Labute approximate surface area is 132 Å². The number of aromatic amines is 1. The Kier molecular flexibility index (Phi) is 5.92. The highest BCUT2D eigenvalue weighted by molar-refractivity contribution is 7.99. The van der Waals surface area contributed by atoms with Crippen molar-refractivity contribution in [3.63, 3.8) is 0 Å². The van der Waals surface area contributed by atoms with Gasteiger partial charge in [-0.3, -0.25) is 14.3 Å². The van der Waals surface area contributed by atoms with E-state index < -0.39 is 0 Å². The molecule has 4 nitrogen and oxygen atoms in total. The van der Waals surface area contributed by atoms with Crippen LogP contribution in [-0.4, -0.2) is 15.3 Å². The maximum absolute atomic E-state index is 12.0. The molecule has 1 aliphatic rings. The summed E-state index contributed by atoms with van der Waals surface area (Å²) in [4.78, 5) is 26.2. The fourth-order valence-corrected chi connectivity index (χ4v) is 3.31. The maximum Gasteiger partial charge on any atom is 0.329 e. The van der Waals surface area contributed by atoms with Crippen molar-refractivity contribution in [1.29, 1.82) is 0 Å². The average Bonchev–Trinajstić information content (AvgIpc) is 2.40. The van der Waals surface area contributed by atoms with Crippen molar-refractivity contribution in [3.8, 4) is 11.1 Å². The SMILES string of the molecule is Cl.Cl.O=c1[nH]c(=O)n2c(c1-c1ccccc1)SCCC2. The van der Waals surface area contributed by atoms with Crippen molar-refractivity contribution >= 4 is 36.6 Å². The van der Waals surface area contributed by atoms with Crippen LogP contribution in [0.4, 0.5) is 0 Å². The van der Waals surface area contributed by atoms with Crippen LogP contribution in [0.5, 0.6) is 0 Å². The normalized spacial score (nSPS) is 12.8. The lowest BCUT2D eigenvalue weighted by molar-refractivity contribution is 0.572. The van der Waals surface area contributed by atoms with Crippen molar-refractivity contribution in [2.24, 2.45) is 0 Å². The van der Waals surface area contributed by atoms with Gasteiger partial charge in [0.05, 0.1) is 10.6 Å². The quantitative estimate of drug-likeness (QED) is 0.816. The Morgan fingerprint density at radius 1 is 1.10 bits per heavy atom. The van der Waals surface area contributed by atoms with Crippen LogP contribution in [0.2, 0.25) is 0 Å². The third-order valence-electron chi connectivity index (χ3n) is 2.98. The van der Waals surface area contributed by atoms with Gasteiger partial charge in [0.15, 0.2) is 0 Å². The molecule has 1 N–H and O–H groups in total. The smallest absolute Gasteiger partial charge is 0.287 e. The summed E-state index contributed by atoms with van der Waals surface area (Å²) in [5.74, 6) is 0.947. The van der Waals surface area contributed by atoms with E-state index in [1.54, 1.807) is 16.3 Å². The van der Waals surface area contributed by atoms with Crippen molar-refractivity contribution in [2.75, 3.05) is 5.75 Å². The molecule has 2 heterocycles. The first kappa shape index (κ1) is 16.9. The molecule has 0 amide bonds. The topological polar surface area (TPSA) is 54.9 Å². The predicted octanol–water partition coefficient (Wildman–Crippen LogP) is 2.54. The van der Waals surface area contributed by atoms with E-state index in [1.165, 1.54) is 0 Å². The minimum atomic E-state index is -0.304. The summed E-state index contributed by atoms with van der Waals surface area (Å²) in [6.07, 6.45) is 0.956. The number of nitrogens with one attached hydrogen (secondary N) is 1. The number of aromatic nitrogens is 2. The second-order valence-corrected chi connectivity index (χ2v) is 5.24. The van der Waals surface area contributed by atoms with Crippen LogP contribution in [0, 0.1) is 0 Å². The molecule has 1 aliphatic heterocycles. The molecule has 0 fully saturated rings. The largest absolute Gasteiger partial charge is 0.329 e. The van der Waals surface area contributed by atoms with Crippen LogP contribution in [0.1, 0.15) is 6.42 Å². The van der Waals surface area contributed by atoms with Crippen molar-refractivity contribution in [2.45, 2.75) is 18.0 Å². The first-order valence-electron chi connectivity index (χ1n) is 5.83. The molecule has 0 bridgehead atoms. The van der Waals surface area contributed by atoms with Crippen LogP contribution in [0.25, 0.3) is 11.1 Å². The Hall–Kier alpha value is -1.17. The molecule has 0 aliphatic carbocycles. The highest BCUT2D eigenvalue weighted by Crippen LogP contribution is 2.30. The zero-order valence-electron chi connectivity index (χ0n) is 10.5. The minimum absolute atomic E-state index is 0. The van der Waals surface area contributed by atoms with Crippen LogP contribution >= 0.6 is 36.6 Å². The monoisotopic (exact) mass is 332 g/mol. The van der Waals surface area contributed by atoms with Crippen molar-refractivity contribution < 1.29 is 0 Å². The number of fused-ring (bicyclic) bond motifs is 1. The lowest BCUT2D eigenvalue weighted by atomic mass is 10.1. The molecule has 0 unspecified atom stereocenters. The van der Waals surface area contributed by atoms with Gasteiger partial charge < -0.3 is 0 Å². The molecule has 3 rings (SSSR count). The van der Waals surface area contributed by atoms with E-state index in [1.807, 2.05) is 30.3 Å². The summed E-state index contributed by atoms with van der Waals surface area (Å²) in [7, 11) is 0. The molecule has 1 aromatic carbocycles. The van der Waals surface area contributed by atoms with Crippen LogP contribution in [-0.2, 0) is 6.54 Å². The standard InChI is InChI=1S/C13H12N2O2S.2ClH/c16-11-10(9-5-2-1-3-6-9)12-15(13(17)14-11)7-4-8-18-12;;/h1-3,5-6H,4,7-8H2,(H,14,16,17);2*1H. The highest BCUT2D eigenvalue weighted by atomic mass is 35.5. The van der Waals surface area contributed by atoms with Gasteiger partial charge in [0.25, 0.3) is 5.56 Å². The molecule has 0 saturated heterocycles. The summed E-state index contributed by atoms with van der Waals surface area (Å²) in [5.41, 5.74) is 0.866. The summed E-state index contributed by atoms with van der Waals surface area (Å²) in [6, 6.07) is 9.48. The third kappa shape index (κ3) is 2.95. The van der Waals surface area contributed by atoms with Gasteiger partial charge in [-0.05, 0) is 12.0 Å². The van der Waals surface area contributed by atoms with Gasteiger partial charge in [0, 0.05) is 12.3 Å². The van der Waals surface area contributed by atoms with Crippen LogP contribution in [0.15, 0.2) is 44.9 Å². The number of benzene rings is 1. The average molecular weight is 333 g/mol. The predicted molar refractivity (Wildman–Crippen MR) is 86.6 cm³/mol. The molecular formula is C13H14Cl2N2O2S. The lowest BCUT2D eigenvalue weighted by Gasteiger charge is -2.19. The van der Waals surface area contributed by atoms with Gasteiger partial charge in [-0.1, -0.05) is 30.3 Å². The fourth-order valence-electron chi connectivity index (χ4n) is 2.16. The minimum Gasteiger partial charge on any atom is -0.287 e. The highest BCUT2D eigenvalue weighted by Gasteiger charge is 2.19. The maximum atomic E-state index is 12.0. The van der Waals surface area contributed by atoms with E-state index in [-0.39, 0.29) is 36.1 Å². The van der Waals surface area contributed by atoms with Crippen molar-refractivity contribution in [1.82, 2.24) is 9.55 Å². The lowest BCUT2D eigenvalue weighted by Crippen LogP contribution is -2.34. The molecule has 108 valence electrons. The molecule has 0 atom stereocenters. The second kappa shape index (κ2) is 7.02. The van der Waals surface area contributed by atoms with Gasteiger partial charge in [0.1, 0.15) is 0 Å². The van der Waals surface area contributed by atoms with Gasteiger partial charge in [-0.15, -0.1) is 36.6 Å². The zero-order chi connectivity index (χ0) is 12.5. The van der Waals surface area contributed by atoms with Gasteiger partial charge in [0.2, 0.25) is 0 Å². The zero-order valence-corrected chi connectivity index (χ0v) is 12.9. The van der Waals surface area contributed by atoms with Crippen LogP contribution in [0.3, 0.4) is 0 Å². The number of hydrogen-bond acceptors (Lipinski definition) is 3. The number of H-pyrrole nitrogens is 1. The molecule has 0 spiro atoms. The Morgan fingerprint density at radius 2 is 1.80 bits per heavy atom. The van der Waals surface area contributed by atoms with Crippen molar-refractivity contribution in [3.05, 3.63) is 51.2 Å². The van der Waals surface area contributed by atoms with E-state index in [2.05, 4.69) is 4.98 Å². The Bertz CT molecular complexity index is 698. The fraction of sp³-hybridized carbons (Fsp3) is 0.231. The summed E-state index contributed by atoms with van der Waals surface area (Å²) >= 11 is 1.58. The van der Waals surface area contributed by atoms with E-state index in [0.717, 1.165) is 22.8 Å². The Balaban J connectivity index is 0.000001000. The second-order valence-electron chi connectivity index (χ2n) is 4.16. The van der Waals surface area contributed by atoms with E-state index in [4.69, 9.17) is 0 Å². The first-order chi connectivity index (χ1) is 8.77. The molecule has 0 radical (unpaired) electrons. The molecule has 1 aromatic heterocycles. The molecule has 0 saturated carbocycles. The number of thioether (sulfide) groups is 1. The van der Waals surface area contributed by atoms with E-state index in [9.17, 15) is 9.59 Å². The third-order valence-corrected chi connectivity index (χ3v) is 4.17. The van der Waals surface area contributed by atoms with E-state index in [0.29, 0.717) is 12.1 Å². The number of halogens is 2. The molecule has 7 heteroatoms. The molecule has 20 heavy (non-hydrogen) atoms. The van der Waals surface area contributed by atoms with Gasteiger partial charge >= 0.3 is 5.69 Å². The number of rotatable bonds is 1. The van der Waals surface area contributed by atoms with E-state index >= 15 is 0 Å². The number of nitrogens with zero attached hydrogens (tertiary/aromatic N) is 1. The summed E-state index contributed by atoms with van der Waals surface area (Å²) in [6.45, 7) is 0.678. The summed E-state index contributed by atoms with van der Waals surface area (Å²) in [5, 5.41) is 0.793. The number of hydrogen-bond donors (Lipinski definition) is 1. The summed E-state index contributed by atoms with van der Waals surface area (Å²) < 4.78 is 1.66.